The van der Waals surface area contributed by atoms with Gasteiger partial charge in [0, 0.05) is 17.7 Å². The second-order valence-corrected chi connectivity index (χ2v) is 5.30. The van der Waals surface area contributed by atoms with Crippen molar-refractivity contribution in [3.63, 3.8) is 0 Å². The van der Waals surface area contributed by atoms with Crippen LogP contribution in [0.3, 0.4) is 0 Å². The normalized spacial score (nSPS) is 10.0. The summed E-state index contributed by atoms with van der Waals surface area (Å²) >= 11 is 3.08. The van der Waals surface area contributed by atoms with Crippen molar-refractivity contribution in [3.05, 3.63) is 56.5 Å². The molecule has 0 aliphatic rings. The highest BCUT2D eigenvalue weighted by Crippen LogP contribution is 2.30. The first-order valence-corrected chi connectivity index (χ1v) is 7.23. The lowest BCUT2D eigenvalue weighted by molar-refractivity contribution is -0.385. The largest absolute Gasteiger partial charge is 0.497 e. The van der Waals surface area contributed by atoms with Crippen molar-refractivity contribution in [1.29, 1.82) is 0 Å². The van der Waals surface area contributed by atoms with E-state index in [1.807, 2.05) is 0 Å². The summed E-state index contributed by atoms with van der Waals surface area (Å²) in [4.78, 5) is 22.7. The van der Waals surface area contributed by atoms with Crippen LogP contribution in [0.25, 0.3) is 0 Å². The number of nitro benzene ring substituents is 1. The summed E-state index contributed by atoms with van der Waals surface area (Å²) < 4.78 is 10.6. The molecular weight excluding hydrogens is 368 g/mol. The van der Waals surface area contributed by atoms with Gasteiger partial charge < -0.3 is 14.8 Å². The Balaban J connectivity index is 2.29. The van der Waals surface area contributed by atoms with Gasteiger partial charge in [-0.15, -0.1) is 0 Å². The first-order valence-electron chi connectivity index (χ1n) is 6.43. The molecule has 0 fully saturated rings. The van der Waals surface area contributed by atoms with E-state index in [1.54, 1.807) is 18.2 Å². The average Bonchev–Trinajstić information content (AvgIpc) is 2.55. The maximum absolute atomic E-state index is 12.3. The molecule has 0 heterocycles. The Hall–Kier alpha value is -2.61. The van der Waals surface area contributed by atoms with Crippen LogP contribution in [0, 0.1) is 10.1 Å². The zero-order valence-electron chi connectivity index (χ0n) is 12.3. The van der Waals surface area contributed by atoms with Gasteiger partial charge in [-0.3, -0.25) is 14.9 Å². The highest BCUT2D eigenvalue weighted by molar-refractivity contribution is 9.10. The van der Waals surface area contributed by atoms with Crippen LogP contribution < -0.4 is 14.8 Å². The first kappa shape index (κ1) is 16.8. The molecule has 0 atom stereocenters. The summed E-state index contributed by atoms with van der Waals surface area (Å²) in [6.07, 6.45) is 0. The molecule has 8 heteroatoms. The number of nitrogens with zero attached hydrogens (tertiary/aromatic N) is 1. The third-order valence-electron chi connectivity index (χ3n) is 3.06. The standard InChI is InChI=1S/C15H13BrN2O5/c1-22-10-4-6-12(14(8-10)23-2)17-15(19)9-3-5-11(16)13(7-9)18(20)21/h3-8H,1-2H3,(H,17,19). The van der Waals surface area contributed by atoms with E-state index in [0.29, 0.717) is 21.7 Å². The quantitative estimate of drug-likeness (QED) is 0.631. The maximum atomic E-state index is 12.3. The van der Waals surface area contributed by atoms with Gasteiger partial charge in [0.2, 0.25) is 0 Å². The van der Waals surface area contributed by atoms with E-state index in [-0.39, 0.29) is 11.3 Å². The average molecular weight is 381 g/mol. The van der Waals surface area contributed by atoms with Crippen LogP contribution in [0.5, 0.6) is 11.5 Å². The Morgan fingerprint density at radius 1 is 1.17 bits per heavy atom. The van der Waals surface area contributed by atoms with E-state index in [2.05, 4.69) is 21.2 Å². The fraction of sp³-hybridized carbons (Fsp3) is 0.133. The molecule has 0 aromatic heterocycles. The summed E-state index contributed by atoms with van der Waals surface area (Å²) in [5, 5.41) is 13.6. The number of hydrogen-bond donors (Lipinski definition) is 1. The number of nitro groups is 1. The lowest BCUT2D eigenvalue weighted by Gasteiger charge is -2.11. The molecule has 23 heavy (non-hydrogen) atoms. The number of methoxy groups -OCH3 is 2. The van der Waals surface area contributed by atoms with Crippen molar-refractivity contribution in [1.82, 2.24) is 0 Å². The van der Waals surface area contributed by atoms with Crippen molar-refractivity contribution in [3.8, 4) is 11.5 Å². The number of ether oxygens (including phenoxy) is 2. The van der Waals surface area contributed by atoms with Gasteiger partial charge in [-0.05, 0) is 40.2 Å². The highest BCUT2D eigenvalue weighted by atomic mass is 79.9. The third kappa shape index (κ3) is 3.78. The van der Waals surface area contributed by atoms with Gasteiger partial charge in [-0.2, -0.15) is 0 Å². The molecule has 2 aromatic carbocycles. The molecule has 2 rings (SSSR count). The summed E-state index contributed by atoms with van der Waals surface area (Å²) in [6.45, 7) is 0. The van der Waals surface area contributed by atoms with Gasteiger partial charge in [-0.25, -0.2) is 0 Å². The minimum absolute atomic E-state index is 0.165. The van der Waals surface area contributed by atoms with Crippen molar-refractivity contribution in [2.75, 3.05) is 19.5 Å². The monoisotopic (exact) mass is 380 g/mol. The number of benzene rings is 2. The van der Waals surface area contributed by atoms with E-state index >= 15 is 0 Å². The minimum Gasteiger partial charge on any atom is -0.497 e. The lowest BCUT2D eigenvalue weighted by Crippen LogP contribution is -2.13. The van der Waals surface area contributed by atoms with E-state index < -0.39 is 10.8 Å². The molecule has 0 aliphatic carbocycles. The van der Waals surface area contributed by atoms with Crippen LogP contribution in [-0.4, -0.2) is 25.1 Å². The van der Waals surface area contributed by atoms with Gasteiger partial charge in [0.15, 0.2) is 0 Å². The van der Waals surface area contributed by atoms with Gasteiger partial charge in [0.05, 0.1) is 29.3 Å². The van der Waals surface area contributed by atoms with Crippen LogP contribution in [-0.2, 0) is 0 Å². The number of rotatable bonds is 5. The number of carbonyl (C=O) groups is 1. The number of carbonyl (C=O) groups excluding carboxylic acids is 1. The molecule has 0 saturated heterocycles. The summed E-state index contributed by atoms with van der Waals surface area (Å²) in [6, 6.07) is 9.07. The molecule has 0 bridgehead atoms. The molecule has 0 unspecified atom stereocenters. The SMILES string of the molecule is COc1ccc(NC(=O)c2ccc(Br)c([N+](=O)[O-])c2)c(OC)c1. The molecule has 120 valence electrons. The first-order chi connectivity index (χ1) is 11.0. The Labute approximate surface area is 140 Å². The van der Waals surface area contributed by atoms with Crippen LogP contribution in [0.2, 0.25) is 0 Å². The fourth-order valence-corrected chi connectivity index (χ4v) is 2.28. The third-order valence-corrected chi connectivity index (χ3v) is 3.73. The molecule has 0 spiro atoms. The second-order valence-electron chi connectivity index (χ2n) is 4.44. The number of anilines is 1. The summed E-state index contributed by atoms with van der Waals surface area (Å²) in [7, 11) is 2.99. The van der Waals surface area contributed by atoms with E-state index in [1.165, 1.54) is 32.4 Å². The van der Waals surface area contributed by atoms with Crippen LogP contribution >= 0.6 is 15.9 Å². The van der Waals surface area contributed by atoms with Crippen LogP contribution in [0.4, 0.5) is 11.4 Å². The Bertz CT molecular complexity index is 764. The van der Waals surface area contributed by atoms with E-state index in [0.717, 1.165) is 0 Å². The van der Waals surface area contributed by atoms with Gasteiger partial charge in [-0.1, -0.05) is 0 Å². The predicted molar refractivity (Wildman–Crippen MR) is 88.3 cm³/mol. The van der Waals surface area contributed by atoms with Crippen LogP contribution in [0.1, 0.15) is 10.4 Å². The Morgan fingerprint density at radius 2 is 1.91 bits per heavy atom. The van der Waals surface area contributed by atoms with Crippen molar-refractivity contribution in [2.24, 2.45) is 0 Å². The molecule has 2 aromatic rings. The molecule has 0 aliphatic heterocycles. The molecule has 1 N–H and O–H groups in total. The summed E-state index contributed by atoms with van der Waals surface area (Å²) in [5.74, 6) is 0.521. The second kappa shape index (κ2) is 7.10. The molecule has 0 radical (unpaired) electrons. The van der Waals surface area contributed by atoms with E-state index in [9.17, 15) is 14.9 Å². The zero-order chi connectivity index (χ0) is 17.0. The molecule has 7 nitrogen and oxygen atoms in total. The number of halogens is 1. The van der Waals surface area contributed by atoms with E-state index in [4.69, 9.17) is 9.47 Å². The van der Waals surface area contributed by atoms with Crippen molar-refractivity contribution < 1.29 is 19.2 Å². The lowest BCUT2D eigenvalue weighted by atomic mass is 10.2. The fourth-order valence-electron chi connectivity index (χ4n) is 1.89. The maximum Gasteiger partial charge on any atom is 0.284 e. The number of hydrogen-bond acceptors (Lipinski definition) is 5. The topological polar surface area (TPSA) is 90.7 Å². The Morgan fingerprint density at radius 3 is 2.52 bits per heavy atom. The van der Waals surface area contributed by atoms with Crippen molar-refractivity contribution >= 4 is 33.2 Å². The summed E-state index contributed by atoms with van der Waals surface area (Å²) in [5.41, 5.74) is 0.418. The Kier molecular flexibility index (Phi) is 5.17. The number of amides is 1. The molecule has 1 amide bonds. The minimum atomic E-state index is -0.561. The van der Waals surface area contributed by atoms with Gasteiger partial charge >= 0.3 is 0 Å². The predicted octanol–water partition coefficient (Wildman–Crippen LogP) is 3.63. The molecule has 0 saturated carbocycles. The highest BCUT2D eigenvalue weighted by Gasteiger charge is 2.17. The van der Waals surface area contributed by atoms with Crippen molar-refractivity contribution in [2.45, 2.75) is 0 Å². The van der Waals surface area contributed by atoms with Crippen LogP contribution in [0.15, 0.2) is 40.9 Å². The smallest absolute Gasteiger partial charge is 0.284 e. The number of nitrogens with one attached hydrogen (secondary N) is 1. The molecular formula is C15H13BrN2O5. The zero-order valence-corrected chi connectivity index (χ0v) is 13.9. The van der Waals surface area contributed by atoms with Gasteiger partial charge in [0.1, 0.15) is 11.5 Å². The van der Waals surface area contributed by atoms with Gasteiger partial charge in [0.25, 0.3) is 11.6 Å².